The molecule has 0 unspecified atom stereocenters. The number of aliphatic hydroxyl groups excluding tert-OH is 1. The molecule has 0 aliphatic carbocycles. The molecule has 2 aliphatic heterocycles. The van der Waals surface area contributed by atoms with E-state index in [1.54, 1.807) is 20.8 Å². The van der Waals surface area contributed by atoms with Gasteiger partial charge in [-0.25, -0.2) is 0 Å². The summed E-state index contributed by atoms with van der Waals surface area (Å²) in [5.74, 6) is -4.95. The third-order valence-corrected chi connectivity index (χ3v) is 7.26. The van der Waals surface area contributed by atoms with Crippen LogP contribution in [0.25, 0.3) is 0 Å². The molecule has 2 rings (SSSR count). The van der Waals surface area contributed by atoms with E-state index in [-0.39, 0.29) is 12.5 Å². The van der Waals surface area contributed by atoms with Crippen molar-refractivity contribution in [2.45, 2.75) is 90.0 Å². The number of primary amides is 1. The minimum atomic E-state index is -1.38. The molecule has 0 radical (unpaired) electrons. The lowest BCUT2D eigenvalue weighted by Gasteiger charge is -2.31. The molecular formula is C24H40N6O7. The van der Waals surface area contributed by atoms with Crippen molar-refractivity contribution < 1.29 is 33.9 Å². The predicted octanol–water partition coefficient (Wildman–Crippen LogP) is -2.11. The Morgan fingerprint density at radius 1 is 0.892 bits per heavy atom. The summed E-state index contributed by atoms with van der Waals surface area (Å²) in [6, 6.07) is -5.80. The molecule has 2 aliphatic rings. The van der Waals surface area contributed by atoms with Gasteiger partial charge in [-0.05, 0) is 24.7 Å². The first-order chi connectivity index (χ1) is 17.4. The Kier molecular flexibility index (Phi) is 10.8. The summed E-state index contributed by atoms with van der Waals surface area (Å²) < 4.78 is 0. The molecule has 7 N–H and O–H groups in total. The van der Waals surface area contributed by atoms with Gasteiger partial charge in [-0.2, -0.15) is 0 Å². The SMILES string of the molecule is CC[C@H](C)[C@@H]1NC(=O)[C@H](CO)NC(=O)[C@H]([C@@H](C)CC)NC(=O)[C@@H]2CCCN2C(=O)[C@H](CC(N)=O)NC1=O. The normalized spacial score (nSPS) is 29.6. The second-order valence-corrected chi connectivity index (χ2v) is 9.91. The number of hydrogen-bond acceptors (Lipinski definition) is 7. The first-order valence-electron chi connectivity index (χ1n) is 12.9. The van der Waals surface area contributed by atoms with E-state index in [1.807, 2.05) is 6.92 Å². The molecule has 0 saturated carbocycles. The number of hydrogen-bond donors (Lipinski definition) is 6. The molecule has 0 aromatic carbocycles. The number of nitrogens with zero attached hydrogens (tertiary/aromatic N) is 1. The lowest BCUT2D eigenvalue weighted by atomic mass is 9.96. The number of nitrogens with two attached hydrogens (primary N) is 1. The molecule has 0 aromatic rings. The first kappa shape index (κ1) is 30.0. The maximum absolute atomic E-state index is 13.5. The van der Waals surface area contributed by atoms with E-state index < -0.39 is 84.6 Å². The van der Waals surface area contributed by atoms with Crippen molar-refractivity contribution in [2.24, 2.45) is 17.6 Å². The Bertz CT molecular complexity index is 897. The Morgan fingerprint density at radius 3 is 1.89 bits per heavy atom. The maximum atomic E-state index is 13.5. The third-order valence-electron chi connectivity index (χ3n) is 7.26. The third kappa shape index (κ3) is 7.40. The zero-order valence-corrected chi connectivity index (χ0v) is 21.9. The Balaban J connectivity index is 2.55. The van der Waals surface area contributed by atoms with Crippen molar-refractivity contribution in [1.82, 2.24) is 26.2 Å². The molecule has 13 heteroatoms. The molecule has 13 nitrogen and oxygen atoms in total. The van der Waals surface area contributed by atoms with Crippen molar-refractivity contribution in [2.75, 3.05) is 13.2 Å². The summed E-state index contributed by atoms with van der Waals surface area (Å²) in [4.78, 5) is 79.2. The van der Waals surface area contributed by atoms with Gasteiger partial charge in [0.25, 0.3) is 0 Å². The summed E-state index contributed by atoms with van der Waals surface area (Å²) >= 11 is 0. The number of fused-ring (bicyclic) bond motifs is 1. The average molecular weight is 525 g/mol. The number of carbonyl (C=O) groups is 6. The van der Waals surface area contributed by atoms with Crippen LogP contribution in [-0.4, -0.2) is 88.8 Å². The van der Waals surface area contributed by atoms with Crippen molar-refractivity contribution in [3.63, 3.8) is 0 Å². The highest BCUT2D eigenvalue weighted by molar-refractivity contribution is 5.99. The van der Waals surface area contributed by atoms with Gasteiger partial charge in [0, 0.05) is 6.54 Å². The summed E-state index contributed by atoms with van der Waals surface area (Å²) in [5.41, 5.74) is 5.36. The molecule has 0 aromatic heterocycles. The van der Waals surface area contributed by atoms with Gasteiger partial charge < -0.3 is 37.0 Å². The van der Waals surface area contributed by atoms with Crippen LogP contribution in [-0.2, 0) is 28.8 Å². The molecule has 6 amide bonds. The monoisotopic (exact) mass is 524 g/mol. The smallest absolute Gasteiger partial charge is 0.246 e. The molecule has 208 valence electrons. The Labute approximate surface area is 216 Å². The van der Waals surface area contributed by atoms with Gasteiger partial charge in [0.1, 0.15) is 30.2 Å². The van der Waals surface area contributed by atoms with Crippen LogP contribution in [0.15, 0.2) is 0 Å². The Hall–Kier alpha value is -3.22. The molecule has 2 heterocycles. The first-order valence-corrected chi connectivity index (χ1v) is 12.9. The van der Waals surface area contributed by atoms with Crippen LogP contribution in [0.5, 0.6) is 0 Å². The summed E-state index contributed by atoms with van der Waals surface area (Å²) in [7, 11) is 0. The van der Waals surface area contributed by atoms with E-state index >= 15 is 0 Å². The molecule has 2 fully saturated rings. The number of carbonyl (C=O) groups excluding carboxylic acids is 6. The highest BCUT2D eigenvalue weighted by Gasteiger charge is 2.41. The van der Waals surface area contributed by atoms with E-state index in [9.17, 15) is 33.9 Å². The van der Waals surface area contributed by atoms with E-state index in [0.717, 1.165) is 0 Å². The molecule has 0 bridgehead atoms. The van der Waals surface area contributed by atoms with Gasteiger partial charge in [-0.15, -0.1) is 0 Å². The van der Waals surface area contributed by atoms with Gasteiger partial charge in [0.05, 0.1) is 13.0 Å². The topological polar surface area (TPSA) is 200 Å². The van der Waals surface area contributed by atoms with Crippen molar-refractivity contribution in [3.8, 4) is 0 Å². The standard InChI is InChI=1S/C24H40N6O7/c1-5-12(3)18-22(35)26-14(10-17(25)32)24(37)30-9-7-8-16(30)21(34)29-19(13(4)6-2)23(36)27-15(11-31)20(33)28-18/h12-16,18-19,31H,5-11H2,1-4H3,(H2,25,32)(H,26,35)(H,27,36)(H,28,33)(H,29,34)/t12-,13-,14-,15-,16-,18-,19-/m0/s1. The van der Waals surface area contributed by atoms with Gasteiger partial charge >= 0.3 is 0 Å². The zero-order valence-electron chi connectivity index (χ0n) is 21.9. The van der Waals surface area contributed by atoms with E-state index in [4.69, 9.17) is 5.73 Å². The minimum Gasteiger partial charge on any atom is -0.394 e. The van der Waals surface area contributed by atoms with E-state index in [0.29, 0.717) is 25.7 Å². The van der Waals surface area contributed by atoms with Crippen LogP contribution >= 0.6 is 0 Å². The summed E-state index contributed by atoms with van der Waals surface area (Å²) in [6.07, 6.45) is 1.35. The molecule has 7 atom stereocenters. The molecule has 0 spiro atoms. The van der Waals surface area contributed by atoms with Crippen molar-refractivity contribution in [3.05, 3.63) is 0 Å². The number of nitrogens with one attached hydrogen (secondary N) is 4. The number of amides is 6. The van der Waals surface area contributed by atoms with Crippen molar-refractivity contribution >= 4 is 35.4 Å². The average Bonchev–Trinajstić information content (AvgIpc) is 3.36. The van der Waals surface area contributed by atoms with Crippen molar-refractivity contribution in [1.29, 1.82) is 0 Å². The Morgan fingerprint density at radius 2 is 1.41 bits per heavy atom. The molecule has 2 saturated heterocycles. The van der Waals surface area contributed by atoms with Crippen LogP contribution in [0, 0.1) is 11.8 Å². The number of aliphatic hydroxyl groups is 1. The van der Waals surface area contributed by atoms with Gasteiger partial charge in [0.2, 0.25) is 35.4 Å². The van der Waals surface area contributed by atoms with Crippen LogP contribution in [0.3, 0.4) is 0 Å². The largest absolute Gasteiger partial charge is 0.394 e. The fourth-order valence-electron chi connectivity index (χ4n) is 4.53. The van der Waals surface area contributed by atoms with Crippen LogP contribution < -0.4 is 27.0 Å². The quantitative estimate of drug-likeness (QED) is 0.219. The van der Waals surface area contributed by atoms with Gasteiger partial charge in [-0.1, -0.05) is 40.5 Å². The molecule has 37 heavy (non-hydrogen) atoms. The van der Waals surface area contributed by atoms with Crippen LogP contribution in [0.2, 0.25) is 0 Å². The predicted molar refractivity (Wildman–Crippen MR) is 132 cm³/mol. The zero-order chi connectivity index (χ0) is 27.9. The lowest BCUT2D eigenvalue weighted by molar-refractivity contribution is -0.143. The highest BCUT2D eigenvalue weighted by Crippen LogP contribution is 2.21. The lowest BCUT2D eigenvalue weighted by Crippen LogP contribution is -2.60. The van der Waals surface area contributed by atoms with E-state index in [2.05, 4.69) is 21.3 Å². The minimum absolute atomic E-state index is 0.223. The second-order valence-electron chi connectivity index (χ2n) is 9.91. The molecular weight excluding hydrogens is 484 g/mol. The van der Waals surface area contributed by atoms with Crippen LogP contribution in [0.1, 0.15) is 59.8 Å². The highest BCUT2D eigenvalue weighted by atomic mass is 16.3. The van der Waals surface area contributed by atoms with Crippen LogP contribution in [0.4, 0.5) is 0 Å². The second kappa shape index (κ2) is 13.4. The fraction of sp³-hybridized carbons (Fsp3) is 0.750. The van der Waals surface area contributed by atoms with E-state index in [1.165, 1.54) is 4.90 Å². The summed E-state index contributed by atoms with van der Waals surface area (Å²) in [6.45, 7) is 6.60. The number of rotatable bonds is 7. The van der Waals surface area contributed by atoms with Gasteiger partial charge in [-0.3, -0.25) is 28.8 Å². The maximum Gasteiger partial charge on any atom is 0.246 e. The fourth-order valence-corrected chi connectivity index (χ4v) is 4.53. The summed E-state index contributed by atoms with van der Waals surface area (Å²) in [5, 5.41) is 20.1. The van der Waals surface area contributed by atoms with Gasteiger partial charge in [0.15, 0.2) is 0 Å².